The lowest BCUT2D eigenvalue weighted by Gasteiger charge is -2.17. The number of allylic oxidation sites excluding steroid dienone is 3. The molecule has 36 heavy (non-hydrogen) atoms. The van der Waals surface area contributed by atoms with Crippen LogP contribution in [-0.2, 0) is 11.3 Å². The summed E-state index contributed by atoms with van der Waals surface area (Å²) in [6, 6.07) is 11.6. The Morgan fingerprint density at radius 3 is 3.03 bits per heavy atom. The number of aliphatic hydroxyl groups excluding tert-OH is 1. The van der Waals surface area contributed by atoms with E-state index in [1.807, 2.05) is 41.1 Å². The highest BCUT2D eigenvalue weighted by molar-refractivity contribution is 7.99. The van der Waals surface area contributed by atoms with Crippen LogP contribution in [0.4, 0.5) is 0 Å². The summed E-state index contributed by atoms with van der Waals surface area (Å²) >= 11 is 1.74. The topological polar surface area (TPSA) is 92.2 Å². The maximum absolute atomic E-state index is 13.0. The minimum atomic E-state index is -0.289. The summed E-state index contributed by atoms with van der Waals surface area (Å²) in [5, 5.41) is 14.9. The fourth-order valence-corrected chi connectivity index (χ4v) is 5.62. The molecular formula is C28H30N4O3S. The molecule has 0 saturated carbocycles. The van der Waals surface area contributed by atoms with Gasteiger partial charge < -0.3 is 24.7 Å². The molecule has 1 aliphatic rings. The van der Waals surface area contributed by atoms with Crippen LogP contribution in [0.3, 0.4) is 0 Å². The highest BCUT2D eigenvalue weighted by Gasteiger charge is 2.17. The van der Waals surface area contributed by atoms with E-state index in [0.29, 0.717) is 5.75 Å². The molecule has 4 aromatic rings. The van der Waals surface area contributed by atoms with Gasteiger partial charge in [0.15, 0.2) is 0 Å². The van der Waals surface area contributed by atoms with Gasteiger partial charge in [-0.2, -0.15) is 11.8 Å². The van der Waals surface area contributed by atoms with Crippen molar-refractivity contribution in [2.75, 3.05) is 25.2 Å². The predicted octanol–water partition coefficient (Wildman–Crippen LogP) is 4.68. The summed E-state index contributed by atoms with van der Waals surface area (Å²) in [6.45, 7) is 0.0626. The zero-order valence-corrected chi connectivity index (χ0v) is 21.1. The van der Waals surface area contributed by atoms with Crippen LogP contribution in [-0.4, -0.2) is 56.8 Å². The minimum Gasteiger partial charge on any atom is -0.497 e. The summed E-state index contributed by atoms with van der Waals surface area (Å²) in [6.07, 6.45) is 12.4. The summed E-state index contributed by atoms with van der Waals surface area (Å²) in [4.78, 5) is 20.8. The van der Waals surface area contributed by atoms with Crippen LogP contribution in [0.5, 0.6) is 5.75 Å². The zero-order valence-electron chi connectivity index (χ0n) is 20.2. The number of methoxy groups -OCH3 is 1. The van der Waals surface area contributed by atoms with Crippen molar-refractivity contribution in [1.29, 1.82) is 0 Å². The van der Waals surface area contributed by atoms with Crippen LogP contribution < -0.4 is 10.1 Å². The predicted molar refractivity (Wildman–Crippen MR) is 146 cm³/mol. The highest BCUT2D eigenvalue weighted by Crippen LogP contribution is 2.34. The molecule has 0 spiro atoms. The van der Waals surface area contributed by atoms with Gasteiger partial charge in [-0.3, -0.25) is 4.79 Å². The lowest BCUT2D eigenvalue weighted by molar-refractivity contribution is -0.122. The monoisotopic (exact) mass is 502 g/mol. The Morgan fingerprint density at radius 2 is 2.25 bits per heavy atom. The van der Waals surface area contributed by atoms with Crippen LogP contribution in [0, 0.1) is 0 Å². The molecule has 3 aromatic heterocycles. The van der Waals surface area contributed by atoms with Crippen LogP contribution in [0.2, 0.25) is 0 Å². The largest absolute Gasteiger partial charge is 0.497 e. The molecule has 0 saturated heterocycles. The molecule has 0 bridgehead atoms. The van der Waals surface area contributed by atoms with E-state index in [4.69, 9.17) is 4.74 Å². The number of pyridine rings is 1. The van der Waals surface area contributed by atoms with Crippen LogP contribution in [0.25, 0.3) is 33.2 Å². The number of hydrogen-bond acceptors (Lipinski definition) is 5. The smallest absolute Gasteiger partial charge is 0.240 e. The van der Waals surface area contributed by atoms with Gasteiger partial charge in [0.2, 0.25) is 5.91 Å². The molecule has 1 atom stereocenters. The molecule has 3 N–H and O–H groups in total. The Labute approximate surface area is 214 Å². The van der Waals surface area contributed by atoms with Gasteiger partial charge in [-0.15, -0.1) is 0 Å². The Bertz CT molecular complexity index is 1400. The van der Waals surface area contributed by atoms with Crippen molar-refractivity contribution in [3.8, 4) is 17.0 Å². The number of carbonyl (C=O) groups excluding carboxylic acids is 1. The molecule has 1 amide bonds. The van der Waals surface area contributed by atoms with Gasteiger partial charge in [-0.05, 0) is 49.2 Å². The number of nitrogens with zero attached hydrogens (tertiary/aromatic N) is 2. The van der Waals surface area contributed by atoms with E-state index in [1.165, 1.54) is 5.57 Å². The third-order valence-electron chi connectivity index (χ3n) is 6.38. The SMILES string of the molecule is COc1ccc2c(c1)c(-c1cc3cccnc3[nH]1)cn2CC(=O)NC(CO)CSCC1=CC=CCC1. The molecule has 0 radical (unpaired) electrons. The normalized spacial score (nSPS) is 14.2. The van der Waals surface area contributed by atoms with E-state index >= 15 is 0 Å². The Kier molecular flexibility index (Phi) is 7.44. The summed E-state index contributed by atoms with van der Waals surface area (Å²) in [5.41, 5.74) is 5.05. The van der Waals surface area contributed by atoms with Crippen molar-refractivity contribution < 1.29 is 14.6 Å². The number of amides is 1. The molecule has 5 rings (SSSR count). The first-order chi connectivity index (χ1) is 17.6. The lowest BCUT2D eigenvalue weighted by Crippen LogP contribution is -2.41. The lowest BCUT2D eigenvalue weighted by atomic mass is 10.1. The second kappa shape index (κ2) is 11.1. The number of thioether (sulfide) groups is 1. The third kappa shape index (κ3) is 5.34. The maximum atomic E-state index is 13.0. The molecule has 1 aliphatic carbocycles. The van der Waals surface area contributed by atoms with Crippen molar-refractivity contribution >= 4 is 39.6 Å². The van der Waals surface area contributed by atoms with Gasteiger partial charge in [0, 0.05) is 51.4 Å². The van der Waals surface area contributed by atoms with Crippen LogP contribution in [0.1, 0.15) is 12.8 Å². The number of aromatic amines is 1. The molecule has 1 unspecified atom stereocenters. The first-order valence-corrected chi connectivity index (χ1v) is 13.2. The number of aliphatic hydroxyl groups is 1. The average molecular weight is 503 g/mol. The Morgan fingerprint density at radius 1 is 1.33 bits per heavy atom. The molecule has 3 heterocycles. The number of H-pyrrole nitrogens is 1. The number of aromatic nitrogens is 3. The van der Waals surface area contributed by atoms with E-state index in [-0.39, 0.29) is 25.1 Å². The maximum Gasteiger partial charge on any atom is 0.240 e. The Balaban J connectivity index is 1.33. The molecule has 186 valence electrons. The minimum absolute atomic E-state index is 0.0887. The van der Waals surface area contributed by atoms with E-state index in [0.717, 1.165) is 57.5 Å². The van der Waals surface area contributed by atoms with Crippen molar-refractivity contribution in [2.24, 2.45) is 0 Å². The van der Waals surface area contributed by atoms with Gasteiger partial charge in [0.05, 0.1) is 19.8 Å². The average Bonchev–Trinajstić information content (AvgIpc) is 3.49. The van der Waals surface area contributed by atoms with Gasteiger partial charge in [0.25, 0.3) is 0 Å². The van der Waals surface area contributed by atoms with Gasteiger partial charge in [-0.25, -0.2) is 4.98 Å². The van der Waals surface area contributed by atoms with Crippen molar-refractivity contribution in [3.05, 3.63) is 72.6 Å². The van der Waals surface area contributed by atoms with Gasteiger partial charge in [0.1, 0.15) is 17.9 Å². The zero-order chi connectivity index (χ0) is 24.9. The number of fused-ring (bicyclic) bond motifs is 2. The van der Waals surface area contributed by atoms with Gasteiger partial charge >= 0.3 is 0 Å². The van der Waals surface area contributed by atoms with Crippen LogP contribution in [0.15, 0.2) is 72.6 Å². The van der Waals surface area contributed by atoms with Crippen molar-refractivity contribution in [1.82, 2.24) is 19.9 Å². The van der Waals surface area contributed by atoms with E-state index in [1.54, 1.807) is 25.1 Å². The quantitative estimate of drug-likeness (QED) is 0.293. The third-order valence-corrected chi connectivity index (χ3v) is 7.59. The number of hydrogen-bond donors (Lipinski definition) is 3. The van der Waals surface area contributed by atoms with Gasteiger partial charge in [-0.1, -0.05) is 23.8 Å². The van der Waals surface area contributed by atoms with Crippen molar-refractivity contribution in [3.63, 3.8) is 0 Å². The summed E-state index contributed by atoms with van der Waals surface area (Å²) in [7, 11) is 1.65. The molecule has 0 fully saturated rings. The van der Waals surface area contributed by atoms with E-state index in [2.05, 4.69) is 39.6 Å². The highest BCUT2D eigenvalue weighted by atomic mass is 32.2. The first-order valence-electron chi connectivity index (χ1n) is 12.1. The fourth-order valence-electron chi connectivity index (χ4n) is 4.52. The van der Waals surface area contributed by atoms with Crippen LogP contribution >= 0.6 is 11.8 Å². The number of carbonyl (C=O) groups is 1. The number of benzene rings is 1. The Hall–Kier alpha value is -3.49. The first kappa shape index (κ1) is 24.2. The van der Waals surface area contributed by atoms with Crippen molar-refractivity contribution in [2.45, 2.75) is 25.4 Å². The second-order valence-corrected chi connectivity index (χ2v) is 9.96. The van der Waals surface area contributed by atoms with E-state index in [9.17, 15) is 9.90 Å². The molecule has 8 heteroatoms. The summed E-state index contributed by atoms with van der Waals surface area (Å²) < 4.78 is 7.41. The fraction of sp³-hybridized carbons (Fsp3) is 0.286. The molecule has 0 aliphatic heterocycles. The second-order valence-electron chi connectivity index (χ2n) is 8.93. The van der Waals surface area contributed by atoms with E-state index < -0.39 is 0 Å². The molecule has 1 aromatic carbocycles. The number of rotatable bonds is 10. The number of nitrogens with one attached hydrogen (secondary N) is 2. The number of ether oxygens (including phenoxy) is 1. The molecule has 7 nitrogen and oxygen atoms in total. The molecular weight excluding hydrogens is 472 g/mol. The standard InChI is InChI=1S/C28H30N4O3S/c1-35-22-9-10-26-23(13-22)24(25-12-20-8-5-11-29-28(20)31-25)14-32(26)15-27(34)30-21(16-33)18-36-17-19-6-3-2-4-7-19/h2-3,5-6,8-14,21,33H,4,7,15-18H2,1H3,(H,29,31)(H,30,34). The summed E-state index contributed by atoms with van der Waals surface area (Å²) in [5.74, 6) is 2.21.